The summed E-state index contributed by atoms with van der Waals surface area (Å²) in [5, 5.41) is 15.0. The lowest BCUT2D eigenvalue weighted by Crippen LogP contribution is -2.52. The summed E-state index contributed by atoms with van der Waals surface area (Å²) in [6.07, 6.45) is 0. The van der Waals surface area contributed by atoms with Crippen LogP contribution in [0.5, 0.6) is 5.75 Å². The first-order chi connectivity index (χ1) is 14.7. The number of benzene rings is 2. The van der Waals surface area contributed by atoms with Gasteiger partial charge >= 0.3 is 0 Å². The molecule has 0 bridgehead atoms. The first kappa shape index (κ1) is 23.3. The number of carbonyl (C=O) groups is 1. The number of carbonyl (C=O) groups excluding carboxylic acids is 1. The number of nitrogens with zero attached hydrogens (tertiary/aromatic N) is 3. The molecule has 3 rings (SSSR count). The summed E-state index contributed by atoms with van der Waals surface area (Å²) in [4.78, 5) is 27.1. The molecule has 1 aliphatic heterocycles. The van der Waals surface area contributed by atoms with Crippen molar-refractivity contribution in [1.82, 2.24) is 10.2 Å². The van der Waals surface area contributed by atoms with E-state index in [9.17, 15) is 14.9 Å². The number of hydrogen-bond donors (Lipinski definition) is 1. The van der Waals surface area contributed by atoms with Gasteiger partial charge in [0.15, 0.2) is 10.9 Å². The summed E-state index contributed by atoms with van der Waals surface area (Å²) in [7, 11) is 1.43. The van der Waals surface area contributed by atoms with E-state index in [1.54, 1.807) is 17.0 Å². The van der Waals surface area contributed by atoms with Crippen molar-refractivity contribution in [3.8, 4) is 5.75 Å². The standard InChI is InChI=1S/C19H17Cl3N4O4S/c1-30-17-13(21)9-11(10-14(17)22)18(27)23-19(31)25-7-5-24(6-8-25)16-12(20)3-2-4-15(16)26(28)29/h2-4,9-10H,5-8H2,1H3,(H,23,27,31). The number of rotatable bonds is 4. The number of nitro benzene ring substituents is 1. The Morgan fingerprint density at radius 3 is 2.29 bits per heavy atom. The zero-order valence-electron chi connectivity index (χ0n) is 16.2. The molecule has 8 nitrogen and oxygen atoms in total. The predicted molar refractivity (Wildman–Crippen MR) is 125 cm³/mol. The van der Waals surface area contributed by atoms with Gasteiger partial charge in [0.25, 0.3) is 11.6 Å². The molecule has 2 aromatic carbocycles. The van der Waals surface area contributed by atoms with Gasteiger partial charge in [0.2, 0.25) is 0 Å². The zero-order chi connectivity index (χ0) is 22.7. The molecule has 1 amide bonds. The van der Waals surface area contributed by atoms with Crippen LogP contribution in [0.2, 0.25) is 15.1 Å². The Morgan fingerprint density at radius 1 is 1.13 bits per heavy atom. The third-order valence-corrected chi connectivity index (χ3v) is 5.96. The van der Waals surface area contributed by atoms with Gasteiger partial charge in [0, 0.05) is 37.8 Å². The maximum absolute atomic E-state index is 12.6. The summed E-state index contributed by atoms with van der Waals surface area (Å²) in [5.41, 5.74) is 0.569. The van der Waals surface area contributed by atoms with Crippen LogP contribution in [0.1, 0.15) is 10.4 Å². The van der Waals surface area contributed by atoms with Gasteiger partial charge in [0.05, 0.1) is 27.1 Å². The minimum atomic E-state index is -0.458. The molecule has 12 heteroatoms. The Kier molecular flexibility index (Phi) is 7.42. The molecule has 1 saturated heterocycles. The topological polar surface area (TPSA) is 88.0 Å². The molecule has 2 aromatic rings. The van der Waals surface area contributed by atoms with E-state index in [1.165, 1.54) is 25.3 Å². The van der Waals surface area contributed by atoms with Crippen LogP contribution in [0.15, 0.2) is 30.3 Å². The van der Waals surface area contributed by atoms with Gasteiger partial charge in [-0.25, -0.2) is 0 Å². The molecule has 0 aromatic heterocycles. The maximum atomic E-state index is 12.6. The molecular weight excluding hydrogens is 487 g/mol. The first-order valence-electron chi connectivity index (χ1n) is 9.04. The minimum absolute atomic E-state index is 0.0508. The van der Waals surface area contributed by atoms with Crippen LogP contribution in [-0.4, -0.2) is 54.1 Å². The van der Waals surface area contributed by atoms with E-state index in [-0.39, 0.29) is 32.2 Å². The highest BCUT2D eigenvalue weighted by atomic mass is 35.5. The fourth-order valence-electron chi connectivity index (χ4n) is 3.23. The van der Waals surface area contributed by atoms with Gasteiger partial charge in [-0.2, -0.15) is 0 Å². The number of nitrogens with one attached hydrogen (secondary N) is 1. The number of amides is 1. The van der Waals surface area contributed by atoms with E-state index < -0.39 is 10.8 Å². The van der Waals surface area contributed by atoms with Crippen molar-refractivity contribution in [2.75, 3.05) is 38.2 Å². The van der Waals surface area contributed by atoms with Gasteiger partial charge < -0.3 is 14.5 Å². The second-order valence-electron chi connectivity index (χ2n) is 6.57. The molecule has 164 valence electrons. The number of hydrogen-bond acceptors (Lipinski definition) is 6. The molecule has 0 unspecified atom stereocenters. The molecule has 0 spiro atoms. The number of ether oxygens (including phenoxy) is 1. The van der Waals surface area contributed by atoms with Crippen molar-refractivity contribution in [3.63, 3.8) is 0 Å². The highest BCUT2D eigenvalue weighted by Gasteiger charge is 2.27. The Balaban J connectivity index is 1.65. The number of anilines is 1. The van der Waals surface area contributed by atoms with Crippen LogP contribution in [0.25, 0.3) is 0 Å². The highest BCUT2D eigenvalue weighted by Crippen LogP contribution is 2.36. The molecule has 0 aliphatic carbocycles. The molecule has 0 atom stereocenters. The summed E-state index contributed by atoms with van der Waals surface area (Å²) >= 11 is 23.8. The van der Waals surface area contributed by atoms with Crippen LogP contribution >= 0.6 is 47.0 Å². The average Bonchev–Trinajstić information content (AvgIpc) is 2.73. The van der Waals surface area contributed by atoms with Gasteiger partial charge in [-0.1, -0.05) is 40.9 Å². The van der Waals surface area contributed by atoms with E-state index in [2.05, 4.69) is 5.32 Å². The van der Waals surface area contributed by atoms with Crippen molar-refractivity contribution in [2.24, 2.45) is 0 Å². The first-order valence-corrected chi connectivity index (χ1v) is 10.6. The lowest BCUT2D eigenvalue weighted by molar-refractivity contribution is -0.384. The number of halogens is 3. The number of methoxy groups -OCH3 is 1. The Hall–Kier alpha value is -2.33. The van der Waals surface area contributed by atoms with Crippen LogP contribution in [0.4, 0.5) is 11.4 Å². The fourth-order valence-corrected chi connectivity index (χ4v) is 4.44. The molecular formula is C19H17Cl3N4O4S. The highest BCUT2D eigenvalue weighted by molar-refractivity contribution is 7.80. The Labute approximate surface area is 198 Å². The number of piperazine rings is 1. The summed E-state index contributed by atoms with van der Waals surface area (Å²) < 4.78 is 5.08. The molecule has 31 heavy (non-hydrogen) atoms. The fraction of sp³-hybridized carbons (Fsp3) is 0.263. The van der Waals surface area contributed by atoms with Crippen LogP contribution in [-0.2, 0) is 0 Å². The number of thiocarbonyl (C=S) groups is 1. The van der Waals surface area contributed by atoms with Crippen molar-refractivity contribution < 1.29 is 14.5 Å². The van der Waals surface area contributed by atoms with E-state index in [1.807, 2.05) is 4.90 Å². The van der Waals surface area contributed by atoms with Crippen molar-refractivity contribution in [2.45, 2.75) is 0 Å². The molecule has 1 aliphatic rings. The SMILES string of the molecule is COc1c(Cl)cc(C(=O)NC(=S)N2CCN(c3c(Cl)cccc3[N+](=O)[O-])CC2)cc1Cl. The lowest BCUT2D eigenvalue weighted by Gasteiger charge is -2.37. The van der Waals surface area contributed by atoms with Crippen LogP contribution in [0, 0.1) is 10.1 Å². The summed E-state index contributed by atoms with van der Waals surface area (Å²) in [6.45, 7) is 1.79. The molecule has 1 fully saturated rings. The molecule has 0 radical (unpaired) electrons. The van der Waals surface area contributed by atoms with Crippen LogP contribution < -0.4 is 15.0 Å². The van der Waals surface area contributed by atoms with Crippen molar-refractivity contribution in [3.05, 3.63) is 61.1 Å². The molecule has 0 saturated carbocycles. The Morgan fingerprint density at radius 2 is 1.74 bits per heavy atom. The molecule has 1 heterocycles. The monoisotopic (exact) mass is 502 g/mol. The van der Waals surface area contributed by atoms with Gasteiger partial charge in [0.1, 0.15) is 5.69 Å². The third-order valence-electron chi connectivity index (χ3n) is 4.73. The van der Waals surface area contributed by atoms with Gasteiger partial charge in [-0.3, -0.25) is 20.2 Å². The minimum Gasteiger partial charge on any atom is -0.494 e. The van der Waals surface area contributed by atoms with Gasteiger partial charge in [-0.05, 0) is 30.4 Å². The van der Waals surface area contributed by atoms with Crippen LogP contribution in [0.3, 0.4) is 0 Å². The largest absolute Gasteiger partial charge is 0.494 e. The van der Waals surface area contributed by atoms with Gasteiger partial charge in [-0.15, -0.1) is 0 Å². The lowest BCUT2D eigenvalue weighted by atomic mass is 10.2. The average molecular weight is 504 g/mol. The van der Waals surface area contributed by atoms with E-state index in [0.29, 0.717) is 36.9 Å². The summed E-state index contributed by atoms with van der Waals surface area (Å²) in [5.74, 6) is -0.173. The van der Waals surface area contributed by atoms with Crippen molar-refractivity contribution in [1.29, 1.82) is 0 Å². The second-order valence-corrected chi connectivity index (χ2v) is 8.18. The van der Waals surface area contributed by atoms with E-state index >= 15 is 0 Å². The number of para-hydroxylation sites is 1. The quantitative estimate of drug-likeness (QED) is 0.376. The number of nitro groups is 1. The second kappa shape index (κ2) is 9.86. The molecule has 1 N–H and O–H groups in total. The van der Waals surface area contributed by atoms with E-state index in [0.717, 1.165) is 0 Å². The van der Waals surface area contributed by atoms with E-state index in [4.69, 9.17) is 51.8 Å². The normalized spacial score (nSPS) is 13.7. The zero-order valence-corrected chi connectivity index (χ0v) is 19.3. The maximum Gasteiger partial charge on any atom is 0.294 e. The smallest absolute Gasteiger partial charge is 0.294 e. The third kappa shape index (κ3) is 5.12. The summed E-state index contributed by atoms with van der Waals surface area (Å²) in [6, 6.07) is 7.47. The van der Waals surface area contributed by atoms with Crippen molar-refractivity contribution >= 4 is 69.4 Å². The predicted octanol–water partition coefficient (Wildman–Crippen LogP) is 4.40. The Bertz CT molecular complexity index is 1020.